The number of amides is 3. The molecule has 6 heteroatoms. The van der Waals surface area contributed by atoms with E-state index in [9.17, 15) is 14.4 Å². The molecule has 0 atom stereocenters. The molecule has 1 saturated heterocycles. The number of rotatable bonds is 7. The van der Waals surface area contributed by atoms with Crippen LogP contribution in [-0.4, -0.2) is 30.8 Å². The van der Waals surface area contributed by atoms with Crippen molar-refractivity contribution < 1.29 is 14.4 Å². The summed E-state index contributed by atoms with van der Waals surface area (Å²) in [6.45, 7) is 7.32. The quantitative estimate of drug-likeness (QED) is 0.662. The number of carbonyl (C=O) groups excluding carboxylic acids is 3. The van der Waals surface area contributed by atoms with Gasteiger partial charge in [0.1, 0.15) is 0 Å². The normalized spacial score (nSPS) is 13.8. The van der Waals surface area contributed by atoms with Crippen molar-refractivity contribution >= 4 is 35.2 Å². The van der Waals surface area contributed by atoms with Crippen LogP contribution in [0.4, 0.5) is 11.4 Å². The van der Waals surface area contributed by atoms with Gasteiger partial charge < -0.3 is 15.5 Å². The second-order valence-corrected chi connectivity index (χ2v) is 8.20. The molecule has 2 aromatic carbocycles. The van der Waals surface area contributed by atoms with E-state index in [1.54, 1.807) is 29.2 Å². The first-order valence-corrected chi connectivity index (χ1v) is 10.6. The van der Waals surface area contributed by atoms with Crippen molar-refractivity contribution in [2.24, 2.45) is 5.92 Å². The Hall–Kier alpha value is -3.41. The fourth-order valence-corrected chi connectivity index (χ4v) is 3.38. The molecule has 3 rings (SSSR count). The van der Waals surface area contributed by atoms with E-state index in [4.69, 9.17) is 0 Å². The number of nitrogens with zero attached hydrogens (tertiary/aromatic N) is 1. The van der Waals surface area contributed by atoms with Crippen LogP contribution in [0.3, 0.4) is 0 Å². The van der Waals surface area contributed by atoms with Crippen molar-refractivity contribution in [1.82, 2.24) is 5.32 Å². The van der Waals surface area contributed by atoms with Gasteiger partial charge in [0.15, 0.2) is 0 Å². The van der Waals surface area contributed by atoms with Crippen LogP contribution in [0.15, 0.2) is 48.5 Å². The number of hydrogen-bond donors (Lipinski definition) is 2. The summed E-state index contributed by atoms with van der Waals surface area (Å²) in [6, 6.07) is 12.8. The lowest BCUT2D eigenvalue weighted by molar-refractivity contribution is -0.117. The summed E-state index contributed by atoms with van der Waals surface area (Å²) >= 11 is 0. The van der Waals surface area contributed by atoms with E-state index in [0.29, 0.717) is 30.1 Å². The Bertz CT molecular complexity index is 994. The maximum absolute atomic E-state index is 12.3. The van der Waals surface area contributed by atoms with Gasteiger partial charge in [0.25, 0.3) is 5.91 Å². The Labute approximate surface area is 183 Å². The predicted molar refractivity (Wildman–Crippen MR) is 124 cm³/mol. The highest BCUT2D eigenvalue weighted by molar-refractivity contribution is 6.03. The van der Waals surface area contributed by atoms with E-state index in [-0.39, 0.29) is 17.7 Å². The molecule has 162 valence electrons. The van der Waals surface area contributed by atoms with Crippen LogP contribution in [0.5, 0.6) is 0 Å². The second-order valence-electron chi connectivity index (χ2n) is 8.20. The minimum atomic E-state index is -0.251. The summed E-state index contributed by atoms with van der Waals surface area (Å²) in [6.07, 6.45) is 4.70. The first kappa shape index (κ1) is 22.3. The molecule has 3 amide bonds. The molecular formula is C25H29N3O3. The van der Waals surface area contributed by atoms with E-state index in [1.165, 1.54) is 6.08 Å². The number of benzene rings is 2. The summed E-state index contributed by atoms with van der Waals surface area (Å²) < 4.78 is 0. The molecule has 1 aliphatic heterocycles. The van der Waals surface area contributed by atoms with Crippen molar-refractivity contribution in [2.45, 2.75) is 33.6 Å². The van der Waals surface area contributed by atoms with Crippen molar-refractivity contribution in [3.8, 4) is 0 Å². The fourth-order valence-electron chi connectivity index (χ4n) is 3.38. The van der Waals surface area contributed by atoms with Gasteiger partial charge >= 0.3 is 0 Å². The molecule has 0 aromatic heterocycles. The highest BCUT2D eigenvalue weighted by Crippen LogP contribution is 2.22. The van der Waals surface area contributed by atoms with Crippen LogP contribution in [0, 0.1) is 12.8 Å². The first-order valence-electron chi connectivity index (χ1n) is 10.6. The van der Waals surface area contributed by atoms with E-state index >= 15 is 0 Å². The molecule has 0 bridgehead atoms. The molecule has 6 nitrogen and oxygen atoms in total. The lowest BCUT2D eigenvalue weighted by atomic mass is 10.1. The molecule has 2 N–H and O–H groups in total. The average Bonchev–Trinajstić information content (AvgIpc) is 3.18. The summed E-state index contributed by atoms with van der Waals surface area (Å²) in [5.74, 6) is 0.170. The van der Waals surface area contributed by atoms with E-state index in [0.717, 1.165) is 29.8 Å². The number of carbonyl (C=O) groups is 3. The Balaban J connectivity index is 1.58. The standard InChI is InChI=1S/C25H29N3O3/c1-17(2)16-26-25(31)20-9-12-22(18(3)15-20)27-23(29)13-8-19-6-10-21(11-7-19)28-14-4-5-24(28)30/h6-13,15,17H,4-5,14,16H2,1-3H3,(H,26,31)(H,27,29)/b13-8+. The predicted octanol–water partition coefficient (Wildman–Crippen LogP) is 4.16. The summed E-state index contributed by atoms with van der Waals surface area (Å²) in [5, 5.41) is 5.74. The number of aryl methyl sites for hydroxylation is 1. The van der Waals surface area contributed by atoms with Crippen molar-refractivity contribution in [1.29, 1.82) is 0 Å². The number of hydrogen-bond acceptors (Lipinski definition) is 3. The zero-order chi connectivity index (χ0) is 22.4. The molecule has 0 saturated carbocycles. The van der Waals surface area contributed by atoms with Gasteiger partial charge in [0, 0.05) is 42.5 Å². The van der Waals surface area contributed by atoms with Crippen molar-refractivity contribution in [3.63, 3.8) is 0 Å². The highest BCUT2D eigenvalue weighted by atomic mass is 16.2. The van der Waals surface area contributed by atoms with Crippen LogP contribution in [-0.2, 0) is 9.59 Å². The molecule has 0 radical (unpaired) electrons. The lowest BCUT2D eigenvalue weighted by Crippen LogP contribution is -2.27. The van der Waals surface area contributed by atoms with Crippen LogP contribution in [0.2, 0.25) is 0 Å². The van der Waals surface area contributed by atoms with E-state index < -0.39 is 0 Å². The molecule has 0 aliphatic carbocycles. The van der Waals surface area contributed by atoms with Crippen molar-refractivity contribution in [2.75, 3.05) is 23.3 Å². The number of anilines is 2. The fraction of sp³-hybridized carbons (Fsp3) is 0.320. The second kappa shape index (κ2) is 10.1. The monoisotopic (exact) mass is 419 g/mol. The number of nitrogens with one attached hydrogen (secondary N) is 2. The molecule has 31 heavy (non-hydrogen) atoms. The topological polar surface area (TPSA) is 78.5 Å². The Kier molecular flexibility index (Phi) is 7.23. The molecule has 2 aromatic rings. The van der Waals surface area contributed by atoms with Gasteiger partial charge in [-0.3, -0.25) is 14.4 Å². The minimum Gasteiger partial charge on any atom is -0.352 e. The minimum absolute atomic E-state index is 0.117. The lowest BCUT2D eigenvalue weighted by Gasteiger charge is -2.15. The third kappa shape index (κ3) is 6.04. The van der Waals surface area contributed by atoms with Gasteiger partial charge in [-0.2, -0.15) is 0 Å². The largest absolute Gasteiger partial charge is 0.352 e. The zero-order valence-corrected chi connectivity index (χ0v) is 18.3. The third-order valence-electron chi connectivity index (χ3n) is 5.12. The van der Waals surface area contributed by atoms with Gasteiger partial charge in [-0.05, 0) is 66.8 Å². The third-order valence-corrected chi connectivity index (χ3v) is 5.12. The van der Waals surface area contributed by atoms with Crippen LogP contribution in [0.25, 0.3) is 6.08 Å². The molecular weight excluding hydrogens is 390 g/mol. The zero-order valence-electron chi connectivity index (χ0n) is 18.3. The maximum atomic E-state index is 12.3. The molecule has 0 unspecified atom stereocenters. The molecule has 0 spiro atoms. The van der Waals surface area contributed by atoms with Crippen molar-refractivity contribution in [3.05, 3.63) is 65.2 Å². The van der Waals surface area contributed by atoms with Crippen LogP contribution in [0.1, 0.15) is 48.2 Å². The Morgan fingerprint density at radius 2 is 1.87 bits per heavy atom. The SMILES string of the molecule is Cc1cc(C(=O)NCC(C)C)ccc1NC(=O)/C=C/c1ccc(N2CCCC2=O)cc1. The summed E-state index contributed by atoms with van der Waals surface area (Å²) in [4.78, 5) is 38.1. The molecule has 1 heterocycles. The average molecular weight is 420 g/mol. The van der Waals surface area contributed by atoms with Gasteiger partial charge in [-0.25, -0.2) is 0 Å². The highest BCUT2D eigenvalue weighted by Gasteiger charge is 2.21. The smallest absolute Gasteiger partial charge is 0.251 e. The van der Waals surface area contributed by atoms with Gasteiger partial charge in [-0.15, -0.1) is 0 Å². The summed E-state index contributed by atoms with van der Waals surface area (Å²) in [7, 11) is 0. The Morgan fingerprint density at radius 3 is 2.48 bits per heavy atom. The van der Waals surface area contributed by atoms with Crippen LogP contribution >= 0.6 is 0 Å². The molecule has 1 fully saturated rings. The first-order chi connectivity index (χ1) is 14.8. The maximum Gasteiger partial charge on any atom is 0.251 e. The van der Waals surface area contributed by atoms with Gasteiger partial charge in [0.05, 0.1) is 0 Å². The van der Waals surface area contributed by atoms with Gasteiger partial charge in [-0.1, -0.05) is 26.0 Å². The molecule has 1 aliphatic rings. The van der Waals surface area contributed by atoms with E-state index in [2.05, 4.69) is 10.6 Å². The van der Waals surface area contributed by atoms with Gasteiger partial charge in [0.2, 0.25) is 11.8 Å². The van der Waals surface area contributed by atoms with E-state index in [1.807, 2.05) is 45.0 Å². The summed E-state index contributed by atoms with van der Waals surface area (Å²) in [5.41, 5.74) is 3.82. The van der Waals surface area contributed by atoms with Crippen LogP contribution < -0.4 is 15.5 Å². The Morgan fingerprint density at radius 1 is 1.13 bits per heavy atom.